The Labute approximate surface area is 158 Å². The summed E-state index contributed by atoms with van der Waals surface area (Å²) in [6.45, 7) is 1.73. The van der Waals surface area contributed by atoms with E-state index in [1.54, 1.807) is 0 Å². The number of halogens is 1. The van der Waals surface area contributed by atoms with Crippen LogP contribution in [0.5, 0.6) is 0 Å². The van der Waals surface area contributed by atoms with Gasteiger partial charge >= 0.3 is 0 Å². The Balaban J connectivity index is 1.37. The Bertz CT molecular complexity index is 832. The molecule has 2 N–H and O–H groups in total. The summed E-state index contributed by atoms with van der Waals surface area (Å²) in [5.41, 5.74) is 1.07. The van der Waals surface area contributed by atoms with E-state index in [9.17, 15) is 9.59 Å². The van der Waals surface area contributed by atoms with Crippen LogP contribution in [0.3, 0.4) is 0 Å². The van der Waals surface area contributed by atoms with Gasteiger partial charge in [-0.3, -0.25) is 9.59 Å². The van der Waals surface area contributed by atoms with Crippen LogP contribution < -0.4 is 10.6 Å². The van der Waals surface area contributed by atoms with Crippen LogP contribution in [-0.2, 0) is 16.1 Å². The maximum absolute atomic E-state index is 12.7. The van der Waals surface area contributed by atoms with E-state index in [2.05, 4.69) is 15.2 Å². The molecule has 3 unspecified atom stereocenters. The number of piperidine rings is 1. The van der Waals surface area contributed by atoms with E-state index in [-0.39, 0.29) is 29.6 Å². The van der Waals surface area contributed by atoms with Crippen molar-refractivity contribution in [2.75, 3.05) is 13.1 Å². The van der Waals surface area contributed by atoms with Gasteiger partial charge in [0, 0.05) is 47.7 Å². The first-order valence-corrected chi connectivity index (χ1v) is 9.82. The van der Waals surface area contributed by atoms with Gasteiger partial charge in [0.1, 0.15) is 0 Å². The van der Waals surface area contributed by atoms with Crippen molar-refractivity contribution in [3.8, 4) is 0 Å². The van der Waals surface area contributed by atoms with Crippen molar-refractivity contribution in [3.63, 3.8) is 0 Å². The Hall–Kier alpha value is -2.01. The molecule has 0 radical (unpaired) electrons. The standard InChI is InChI=1S/C20H24ClN3O2/c21-17-6-3-7-18-15(17)8-10-24(18)11-9-22-20(26)16-12-23-19(25)14-5-2-1-4-13(14)16/h3,6-8,10,13-14,16H,1-2,4-5,9,11-12H2,(H,22,26)(H,23,25). The SMILES string of the molecule is O=C1NCC(C(=O)NCCn2ccc3c(Cl)cccc32)C2CCCCC12. The van der Waals surface area contributed by atoms with Gasteiger partial charge in [0.2, 0.25) is 11.8 Å². The summed E-state index contributed by atoms with van der Waals surface area (Å²) < 4.78 is 2.10. The topological polar surface area (TPSA) is 63.1 Å². The molecule has 1 saturated heterocycles. The van der Waals surface area contributed by atoms with Crippen LogP contribution in [0.25, 0.3) is 10.9 Å². The van der Waals surface area contributed by atoms with Gasteiger partial charge in [-0.05, 0) is 37.0 Å². The summed E-state index contributed by atoms with van der Waals surface area (Å²) in [5.74, 6) is 0.312. The van der Waals surface area contributed by atoms with Gasteiger partial charge in [0.25, 0.3) is 0 Å². The highest BCUT2D eigenvalue weighted by atomic mass is 35.5. The lowest BCUT2D eigenvalue weighted by molar-refractivity contribution is -0.138. The van der Waals surface area contributed by atoms with E-state index < -0.39 is 0 Å². The molecule has 2 aliphatic rings. The molecule has 26 heavy (non-hydrogen) atoms. The van der Waals surface area contributed by atoms with Crippen molar-refractivity contribution in [2.45, 2.75) is 32.2 Å². The van der Waals surface area contributed by atoms with Crippen LogP contribution in [0, 0.1) is 17.8 Å². The van der Waals surface area contributed by atoms with E-state index in [4.69, 9.17) is 11.6 Å². The molecule has 3 atom stereocenters. The molecule has 1 saturated carbocycles. The maximum Gasteiger partial charge on any atom is 0.225 e. The second-order valence-electron chi connectivity index (χ2n) is 7.38. The second kappa shape index (κ2) is 7.31. The van der Waals surface area contributed by atoms with Crippen molar-refractivity contribution < 1.29 is 9.59 Å². The van der Waals surface area contributed by atoms with Gasteiger partial charge in [0.05, 0.1) is 5.92 Å². The summed E-state index contributed by atoms with van der Waals surface area (Å²) in [5, 5.41) is 7.77. The van der Waals surface area contributed by atoms with Crippen LogP contribution in [0.4, 0.5) is 0 Å². The second-order valence-corrected chi connectivity index (χ2v) is 7.79. The number of amides is 2. The highest BCUT2D eigenvalue weighted by molar-refractivity contribution is 6.35. The molecule has 0 bridgehead atoms. The average molecular weight is 374 g/mol. The normalized spacial score (nSPS) is 25.6. The van der Waals surface area contributed by atoms with Crippen molar-refractivity contribution in [1.82, 2.24) is 15.2 Å². The molecule has 2 fully saturated rings. The van der Waals surface area contributed by atoms with Crippen LogP contribution >= 0.6 is 11.6 Å². The first-order valence-electron chi connectivity index (χ1n) is 9.44. The summed E-state index contributed by atoms with van der Waals surface area (Å²) in [4.78, 5) is 24.8. The van der Waals surface area contributed by atoms with Crippen LogP contribution in [0.1, 0.15) is 25.7 Å². The van der Waals surface area contributed by atoms with Crippen LogP contribution in [-0.4, -0.2) is 29.5 Å². The van der Waals surface area contributed by atoms with E-state index in [1.165, 1.54) is 0 Å². The van der Waals surface area contributed by atoms with Crippen molar-refractivity contribution in [1.29, 1.82) is 0 Å². The van der Waals surface area contributed by atoms with Crippen molar-refractivity contribution in [2.24, 2.45) is 17.8 Å². The summed E-state index contributed by atoms with van der Waals surface area (Å²) in [6.07, 6.45) is 6.11. The van der Waals surface area contributed by atoms with Gasteiger partial charge in [-0.25, -0.2) is 0 Å². The third-order valence-corrected chi connectivity index (χ3v) is 6.25. The molecule has 1 aliphatic heterocycles. The molecule has 1 aliphatic carbocycles. The average Bonchev–Trinajstić information content (AvgIpc) is 3.07. The number of fused-ring (bicyclic) bond motifs is 2. The Morgan fingerprint density at radius 1 is 1.27 bits per heavy atom. The zero-order valence-corrected chi connectivity index (χ0v) is 15.5. The monoisotopic (exact) mass is 373 g/mol. The van der Waals surface area contributed by atoms with Crippen molar-refractivity contribution >= 4 is 34.3 Å². The van der Waals surface area contributed by atoms with Gasteiger partial charge in [-0.2, -0.15) is 0 Å². The first-order chi connectivity index (χ1) is 12.6. The molecule has 138 valence electrons. The highest BCUT2D eigenvalue weighted by Gasteiger charge is 2.42. The van der Waals surface area contributed by atoms with Gasteiger partial charge in [0.15, 0.2) is 0 Å². The minimum atomic E-state index is -0.103. The number of rotatable bonds is 4. The Kier molecular flexibility index (Phi) is 4.90. The molecule has 2 heterocycles. The fraction of sp³-hybridized carbons (Fsp3) is 0.500. The molecular weight excluding hydrogens is 350 g/mol. The van der Waals surface area contributed by atoms with E-state index in [0.717, 1.165) is 41.6 Å². The predicted molar refractivity (Wildman–Crippen MR) is 102 cm³/mol. The van der Waals surface area contributed by atoms with Crippen molar-refractivity contribution in [3.05, 3.63) is 35.5 Å². The van der Waals surface area contributed by atoms with Crippen LogP contribution in [0.15, 0.2) is 30.5 Å². The molecule has 6 heteroatoms. The number of nitrogens with one attached hydrogen (secondary N) is 2. The van der Waals surface area contributed by atoms with Gasteiger partial charge in [-0.1, -0.05) is 30.5 Å². The number of hydrogen-bond acceptors (Lipinski definition) is 2. The lowest BCUT2D eigenvalue weighted by atomic mass is 9.69. The maximum atomic E-state index is 12.7. The Morgan fingerprint density at radius 3 is 3.00 bits per heavy atom. The van der Waals surface area contributed by atoms with E-state index in [0.29, 0.717) is 19.6 Å². The lowest BCUT2D eigenvalue weighted by Gasteiger charge is -2.39. The highest BCUT2D eigenvalue weighted by Crippen LogP contribution is 2.37. The molecule has 0 spiro atoms. The minimum absolute atomic E-state index is 0.0174. The van der Waals surface area contributed by atoms with Gasteiger partial charge < -0.3 is 15.2 Å². The molecule has 2 amide bonds. The summed E-state index contributed by atoms with van der Waals surface area (Å²) in [7, 11) is 0. The fourth-order valence-electron chi connectivity index (χ4n) is 4.56. The Morgan fingerprint density at radius 2 is 2.12 bits per heavy atom. The number of carbonyl (C=O) groups excluding carboxylic acids is 2. The van der Waals surface area contributed by atoms with Gasteiger partial charge in [-0.15, -0.1) is 0 Å². The lowest BCUT2D eigenvalue weighted by Crippen LogP contribution is -2.53. The van der Waals surface area contributed by atoms with Crippen LogP contribution in [0.2, 0.25) is 5.02 Å². The number of nitrogens with zero attached hydrogens (tertiary/aromatic N) is 1. The summed E-state index contributed by atoms with van der Waals surface area (Å²) in [6, 6.07) is 7.86. The largest absolute Gasteiger partial charge is 0.355 e. The fourth-order valence-corrected chi connectivity index (χ4v) is 4.79. The zero-order valence-electron chi connectivity index (χ0n) is 14.7. The molecule has 1 aromatic heterocycles. The molecular formula is C20H24ClN3O2. The molecule has 1 aromatic carbocycles. The zero-order chi connectivity index (χ0) is 18.1. The quantitative estimate of drug-likeness (QED) is 0.865. The molecule has 4 rings (SSSR count). The van der Waals surface area contributed by atoms with E-state index >= 15 is 0 Å². The summed E-state index contributed by atoms with van der Waals surface area (Å²) >= 11 is 6.22. The number of carbonyl (C=O) groups is 2. The third-order valence-electron chi connectivity index (χ3n) is 5.92. The number of benzene rings is 1. The molecule has 5 nitrogen and oxygen atoms in total. The smallest absolute Gasteiger partial charge is 0.225 e. The predicted octanol–water partition coefficient (Wildman–Crippen LogP) is 2.96. The minimum Gasteiger partial charge on any atom is -0.355 e. The number of hydrogen-bond donors (Lipinski definition) is 2. The van der Waals surface area contributed by atoms with E-state index in [1.807, 2.05) is 30.5 Å². The number of aromatic nitrogens is 1. The third kappa shape index (κ3) is 3.20. The molecule has 2 aromatic rings. The first kappa shape index (κ1) is 17.4.